The number of para-hydroxylation sites is 1. The molecule has 0 saturated carbocycles. The lowest BCUT2D eigenvalue weighted by molar-refractivity contribution is 0.0899. The average Bonchev–Trinajstić information content (AvgIpc) is 3.12. The van der Waals surface area contributed by atoms with Gasteiger partial charge < -0.3 is 10.5 Å². The van der Waals surface area contributed by atoms with Crippen LogP contribution in [-0.2, 0) is 0 Å². The number of carbonyl (C=O) groups is 1. The Hall–Kier alpha value is -2.43. The van der Waals surface area contributed by atoms with Crippen molar-refractivity contribution in [3.63, 3.8) is 0 Å². The summed E-state index contributed by atoms with van der Waals surface area (Å²) in [6, 6.07) is 15.8. The lowest BCUT2D eigenvalue weighted by Crippen LogP contribution is -2.10. The highest BCUT2D eigenvalue weighted by atomic mass is 32.3. The Morgan fingerprint density at radius 2 is 1.68 bits per heavy atom. The quantitative estimate of drug-likeness (QED) is 0.191. The third-order valence-electron chi connectivity index (χ3n) is 4.57. The van der Waals surface area contributed by atoms with Gasteiger partial charge in [0.25, 0.3) is 0 Å². The molecule has 2 aromatic carbocycles. The van der Waals surface area contributed by atoms with Gasteiger partial charge in [0.05, 0.1) is 10.6 Å². The molecular weight excluding hydrogens is 434 g/mol. The van der Waals surface area contributed by atoms with Gasteiger partial charge in [-0.25, -0.2) is 0 Å². The number of nitrogens with one attached hydrogen (secondary N) is 1. The average molecular weight is 462 g/mol. The Morgan fingerprint density at radius 1 is 1.00 bits per heavy atom. The van der Waals surface area contributed by atoms with E-state index in [0.29, 0.717) is 39.9 Å². The molecule has 0 aliphatic heterocycles. The molecule has 3 rings (SSSR count). The fourth-order valence-corrected chi connectivity index (χ4v) is 4.34. The standard InChI is InChI=1S/C22H27N3O4S2/c23-14-6-2-5-9-22(26)25-15-20(21(30)16-25)24-31(27,28)19-12-10-18(11-13-19)29-17-7-3-1-4-8-17/h1,3-4,7-8,10-13,15-16,24,27-28,30H,2,5-6,9,14,23H2. The number of benzene rings is 2. The summed E-state index contributed by atoms with van der Waals surface area (Å²) in [6.07, 6.45) is 6.01. The molecule has 7 nitrogen and oxygen atoms in total. The van der Waals surface area contributed by atoms with Crippen molar-refractivity contribution in [2.75, 3.05) is 11.3 Å². The molecule has 0 aliphatic rings. The number of carbonyl (C=O) groups excluding carboxylic acids is 1. The number of hydrogen-bond donors (Lipinski definition) is 5. The molecule has 0 aliphatic carbocycles. The lowest BCUT2D eigenvalue weighted by atomic mass is 10.2. The van der Waals surface area contributed by atoms with Gasteiger partial charge in [0.15, 0.2) is 0 Å². The van der Waals surface area contributed by atoms with Crippen LogP contribution in [0, 0.1) is 0 Å². The van der Waals surface area contributed by atoms with Crippen LogP contribution in [-0.4, -0.2) is 26.1 Å². The number of thiol groups is 1. The van der Waals surface area contributed by atoms with E-state index in [2.05, 4.69) is 17.4 Å². The third kappa shape index (κ3) is 6.52. The van der Waals surface area contributed by atoms with Crippen LogP contribution in [0.1, 0.15) is 30.5 Å². The van der Waals surface area contributed by atoms with Gasteiger partial charge in [0.1, 0.15) is 11.5 Å². The summed E-state index contributed by atoms with van der Waals surface area (Å²) in [4.78, 5) is 13.1. The van der Waals surface area contributed by atoms with E-state index in [1.807, 2.05) is 30.3 Å². The number of nitrogens with zero attached hydrogens (tertiary/aromatic N) is 1. The molecule has 0 fully saturated rings. The minimum atomic E-state index is -3.36. The summed E-state index contributed by atoms with van der Waals surface area (Å²) in [5.74, 6) is 1.18. The zero-order valence-electron chi connectivity index (χ0n) is 17.0. The maximum atomic E-state index is 12.3. The lowest BCUT2D eigenvalue weighted by Gasteiger charge is -2.33. The normalized spacial score (nSPS) is 11.9. The Bertz CT molecular complexity index is 992. The fraction of sp³-hybridized carbons (Fsp3) is 0.227. The van der Waals surface area contributed by atoms with Gasteiger partial charge in [0.2, 0.25) is 5.91 Å². The van der Waals surface area contributed by atoms with E-state index in [0.717, 1.165) is 19.3 Å². The van der Waals surface area contributed by atoms with Gasteiger partial charge in [-0.1, -0.05) is 35.4 Å². The molecule has 0 atom stereocenters. The minimum absolute atomic E-state index is 0.0840. The second-order valence-electron chi connectivity index (χ2n) is 6.99. The zero-order valence-corrected chi connectivity index (χ0v) is 18.7. The van der Waals surface area contributed by atoms with Crippen LogP contribution in [0.15, 0.2) is 76.8 Å². The molecule has 0 unspecified atom stereocenters. The van der Waals surface area contributed by atoms with Gasteiger partial charge in [-0.2, -0.15) is 0 Å². The van der Waals surface area contributed by atoms with E-state index < -0.39 is 10.8 Å². The van der Waals surface area contributed by atoms with Gasteiger partial charge in [0, 0.05) is 23.7 Å². The van der Waals surface area contributed by atoms with Crippen LogP contribution < -0.4 is 15.2 Å². The summed E-state index contributed by atoms with van der Waals surface area (Å²) in [7, 11) is -3.36. The molecule has 0 spiro atoms. The Kier molecular flexibility index (Phi) is 8.05. The predicted molar refractivity (Wildman–Crippen MR) is 128 cm³/mol. The molecule has 166 valence electrons. The summed E-state index contributed by atoms with van der Waals surface area (Å²) in [5.41, 5.74) is 5.83. The first kappa shape index (κ1) is 23.2. The molecule has 5 N–H and O–H groups in total. The molecule has 31 heavy (non-hydrogen) atoms. The molecule has 1 heterocycles. The fourth-order valence-electron chi connectivity index (χ4n) is 2.93. The van der Waals surface area contributed by atoms with Gasteiger partial charge in [-0.15, -0.1) is 12.6 Å². The predicted octanol–water partition coefficient (Wildman–Crippen LogP) is 5.87. The van der Waals surface area contributed by atoms with Crippen molar-refractivity contribution in [2.45, 2.75) is 35.5 Å². The Balaban J connectivity index is 1.64. The van der Waals surface area contributed by atoms with Crippen molar-refractivity contribution < 1.29 is 18.6 Å². The van der Waals surface area contributed by atoms with Crippen molar-refractivity contribution >= 4 is 35.0 Å². The van der Waals surface area contributed by atoms with Crippen molar-refractivity contribution in [3.05, 3.63) is 67.0 Å². The molecule has 0 saturated heterocycles. The van der Waals surface area contributed by atoms with E-state index in [1.165, 1.54) is 10.8 Å². The number of nitrogens with two attached hydrogens (primary N) is 1. The van der Waals surface area contributed by atoms with Crippen molar-refractivity contribution in [1.29, 1.82) is 0 Å². The van der Waals surface area contributed by atoms with Crippen LogP contribution >= 0.6 is 23.4 Å². The smallest absolute Gasteiger partial charge is 0.230 e. The van der Waals surface area contributed by atoms with E-state index in [-0.39, 0.29) is 5.91 Å². The number of unbranched alkanes of at least 4 members (excludes halogenated alkanes) is 2. The van der Waals surface area contributed by atoms with Crippen molar-refractivity contribution in [2.24, 2.45) is 5.73 Å². The van der Waals surface area contributed by atoms with Gasteiger partial charge in [-0.3, -0.25) is 23.2 Å². The summed E-state index contributed by atoms with van der Waals surface area (Å²) < 4.78 is 31.1. The topological polar surface area (TPSA) is 110 Å². The van der Waals surface area contributed by atoms with E-state index in [4.69, 9.17) is 10.5 Å². The van der Waals surface area contributed by atoms with Gasteiger partial charge in [-0.05, 0) is 55.8 Å². The molecule has 0 amide bonds. The Morgan fingerprint density at radius 3 is 2.35 bits per heavy atom. The number of ether oxygens (including phenoxy) is 1. The van der Waals surface area contributed by atoms with Crippen LogP contribution in [0.3, 0.4) is 0 Å². The van der Waals surface area contributed by atoms with E-state index in [1.54, 1.807) is 30.5 Å². The maximum Gasteiger partial charge on any atom is 0.230 e. The second kappa shape index (κ2) is 10.7. The van der Waals surface area contributed by atoms with E-state index in [9.17, 15) is 13.9 Å². The molecule has 0 bridgehead atoms. The third-order valence-corrected chi connectivity index (χ3v) is 6.36. The summed E-state index contributed by atoms with van der Waals surface area (Å²) in [5, 5.41) is 0. The molecule has 9 heteroatoms. The van der Waals surface area contributed by atoms with Crippen LogP contribution in [0.25, 0.3) is 0 Å². The van der Waals surface area contributed by atoms with Gasteiger partial charge >= 0.3 is 0 Å². The van der Waals surface area contributed by atoms with Crippen LogP contribution in [0.2, 0.25) is 0 Å². The first-order chi connectivity index (χ1) is 14.9. The zero-order chi connectivity index (χ0) is 22.3. The SMILES string of the molecule is NCCCCCC(=O)n1cc(S)c(NS(O)(O)c2ccc(Oc3ccccc3)cc2)c1. The minimum Gasteiger partial charge on any atom is -0.457 e. The molecule has 0 radical (unpaired) electrons. The number of anilines is 1. The maximum absolute atomic E-state index is 12.3. The highest BCUT2D eigenvalue weighted by Gasteiger charge is 2.19. The summed E-state index contributed by atoms with van der Waals surface area (Å²) in [6.45, 7) is 0.615. The summed E-state index contributed by atoms with van der Waals surface area (Å²) >= 11 is 4.35. The number of aromatic nitrogens is 1. The van der Waals surface area contributed by atoms with E-state index >= 15 is 0 Å². The largest absolute Gasteiger partial charge is 0.457 e. The monoisotopic (exact) mass is 461 g/mol. The highest BCUT2D eigenvalue weighted by Crippen LogP contribution is 2.49. The van der Waals surface area contributed by atoms with Crippen molar-refractivity contribution in [3.8, 4) is 11.5 Å². The first-order valence-corrected chi connectivity index (χ1v) is 11.9. The Labute approximate surface area is 189 Å². The van der Waals surface area contributed by atoms with Crippen LogP contribution in [0.4, 0.5) is 5.69 Å². The molecule has 1 aromatic heterocycles. The molecule has 3 aromatic rings. The second-order valence-corrected chi connectivity index (χ2v) is 9.25. The molecular formula is C22H27N3O4S2. The highest BCUT2D eigenvalue weighted by molar-refractivity contribution is 8.25. The number of rotatable bonds is 10. The van der Waals surface area contributed by atoms with Crippen molar-refractivity contribution in [1.82, 2.24) is 4.57 Å². The van der Waals surface area contributed by atoms with Crippen LogP contribution in [0.5, 0.6) is 11.5 Å². The number of hydrogen-bond acceptors (Lipinski definition) is 7. The first-order valence-electron chi connectivity index (χ1n) is 9.92.